The summed E-state index contributed by atoms with van der Waals surface area (Å²) in [5.41, 5.74) is 4.58. The van der Waals surface area contributed by atoms with Crippen molar-refractivity contribution in [1.29, 1.82) is 0 Å². The number of ether oxygens (including phenoxy) is 4. The maximum absolute atomic E-state index is 12.8. The largest absolute Gasteiger partial charge is 0.481 e. The zero-order chi connectivity index (χ0) is 50.3. The molecule has 2 fully saturated rings. The van der Waals surface area contributed by atoms with Crippen LogP contribution >= 0.6 is 15.6 Å². The molecule has 3 heterocycles. The number of anilines is 1. The molecule has 392 valence electrons. The van der Waals surface area contributed by atoms with E-state index in [0.717, 1.165) is 107 Å². The molecule has 19 nitrogen and oxygen atoms in total. The Morgan fingerprint density at radius 1 is 0.739 bits per heavy atom. The first kappa shape index (κ1) is 60.0. The zero-order valence-electron chi connectivity index (χ0n) is 40.5. The summed E-state index contributed by atoms with van der Waals surface area (Å²) < 4.78 is 62.5. The molecule has 0 spiro atoms. The normalized spacial score (nSPS) is 22.7. The average Bonchev–Trinajstić information content (AvgIpc) is 3.99. The van der Waals surface area contributed by atoms with Crippen molar-refractivity contribution < 1.29 is 71.0 Å². The quantitative estimate of drug-likeness (QED) is 0.0135. The fourth-order valence-corrected chi connectivity index (χ4v) is 9.50. The van der Waals surface area contributed by atoms with Crippen LogP contribution in [0.5, 0.6) is 0 Å². The van der Waals surface area contributed by atoms with Gasteiger partial charge in [0.1, 0.15) is 30.7 Å². The van der Waals surface area contributed by atoms with Crippen LogP contribution in [-0.2, 0) is 51.0 Å². The molecule has 6 N–H and O–H groups in total. The minimum Gasteiger partial charge on any atom is -0.462 e. The minimum atomic E-state index is -5.43. The van der Waals surface area contributed by atoms with E-state index < -0.39 is 83.7 Å². The highest BCUT2D eigenvalue weighted by Gasteiger charge is 2.46. The van der Waals surface area contributed by atoms with Gasteiger partial charge in [-0.1, -0.05) is 120 Å². The second-order valence-corrected chi connectivity index (χ2v) is 20.4. The molecule has 1 aromatic heterocycles. The molecule has 4 unspecified atom stereocenters. The van der Waals surface area contributed by atoms with E-state index in [1.807, 2.05) is 0 Å². The molecule has 3 rings (SSSR count). The SMILES string of the molecule is CC/C=C\C/C=C\C/C=C\CCCCCCCC(=O)O[C@H](COC(=O)CCCCCCC/C=C\CC1OC1CCCCC)COP(=O)(O)OP(=O)(O)OC[C@H]1O[C@@H](n2ccc(N)nc2=O)[C@H](O)[C@@H]1O. The van der Waals surface area contributed by atoms with Gasteiger partial charge >= 0.3 is 33.3 Å². The van der Waals surface area contributed by atoms with Crippen LogP contribution < -0.4 is 11.4 Å². The van der Waals surface area contributed by atoms with Crippen LogP contribution in [0.2, 0.25) is 0 Å². The third kappa shape index (κ3) is 26.6. The van der Waals surface area contributed by atoms with Gasteiger partial charge in [0.2, 0.25) is 0 Å². The van der Waals surface area contributed by atoms with Crippen LogP contribution in [0.3, 0.4) is 0 Å². The number of aliphatic hydroxyl groups excluding tert-OH is 2. The molecule has 0 amide bonds. The first-order valence-corrected chi connectivity index (χ1v) is 27.8. The number of hydrogen-bond donors (Lipinski definition) is 5. The van der Waals surface area contributed by atoms with Gasteiger partial charge in [0.05, 0.1) is 25.4 Å². The van der Waals surface area contributed by atoms with Crippen molar-refractivity contribution in [1.82, 2.24) is 9.55 Å². The van der Waals surface area contributed by atoms with Crippen LogP contribution in [0.25, 0.3) is 0 Å². The number of epoxide rings is 1. The van der Waals surface area contributed by atoms with E-state index in [4.69, 9.17) is 33.7 Å². The van der Waals surface area contributed by atoms with E-state index in [1.165, 1.54) is 25.3 Å². The summed E-state index contributed by atoms with van der Waals surface area (Å²) >= 11 is 0. The molecule has 0 saturated carbocycles. The molecule has 9 atom stereocenters. The fourth-order valence-electron chi connectivity index (χ4n) is 7.39. The van der Waals surface area contributed by atoms with E-state index in [1.54, 1.807) is 0 Å². The highest BCUT2D eigenvalue weighted by Crippen LogP contribution is 2.60. The van der Waals surface area contributed by atoms with Gasteiger partial charge in [-0.2, -0.15) is 9.29 Å². The predicted octanol–water partition coefficient (Wildman–Crippen LogP) is 8.76. The van der Waals surface area contributed by atoms with Crippen LogP contribution in [0.4, 0.5) is 5.82 Å². The number of aliphatic hydroxyl groups is 2. The number of aromatic nitrogens is 2. The third-order valence-electron chi connectivity index (χ3n) is 11.3. The van der Waals surface area contributed by atoms with E-state index in [9.17, 15) is 43.5 Å². The van der Waals surface area contributed by atoms with Gasteiger partial charge in [0.15, 0.2) is 12.3 Å². The predicted molar refractivity (Wildman–Crippen MR) is 260 cm³/mol. The van der Waals surface area contributed by atoms with Crippen molar-refractivity contribution in [3.05, 3.63) is 71.4 Å². The molecule has 0 bridgehead atoms. The number of allylic oxidation sites excluding steroid dienone is 7. The number of nitrogens with zero attached hydrogens (tertiary/aromatic N) is 2. The van der Waals surface area contributed by atoms with Crippen LogP contribution in [-0.4, -0.2) is 97.9 Å². The van der Waals surface area contributed by atoms with Crippen molar-refractivity contribution in [3.63, 3.8) is 0 Å². The van der Waals surface area contributed by atoms with Crippen molar-refractivity contribution >= 4 is 33.4 Å². The van der Waals surface area contributed by atoms with Crippen LogP contribution in [0.1, 0.15) is 161 Å². The molecule has 2 aliphatic rings. The number of phosphoric ester groups is 2. The molecule has 0 aromatic carbocycles. The van der Waals surface area contributed by atoms with Gasteiger partial charge in [-0.3, -0.25) is 23.2 Å². The van der Waals surface area contributed by atoms with E-state index in [2.05, 4.69) is 71.8 Å². The van der Waals surface area contributed by atoms with Gasteiger partial charge in [-0.15, -0.1) is 0 Å². The minimum absolute atomic E-state index is 0.0233. The first-order valence-electron chi connectivity index (χ1n) is 24.8. The number of carbonyl (C=O) groups excluding carboxylic acids is 2. The van der Waals surface area contributed by atoms with Crippen molar-refractivity contribution in [2.45, 2.75) is 198 Å². The maximum Gasteiger partial charge on any atom is 0.481 e. The van der Waals surface area contributed by atoms with Gasteiger partial charge in [0.25, 0.3) is 0 Å². The van der Waals surface area contributed by atoms with E-state index >= 15 is 0 Å². The van der Waals surface area contributed by atoms with Gasteiger partial charge in [0, 0.05) is 19.0 Å². The standard InChI is InChI=1S/C48H79N3O16P2/c1-3-5-7-8-9-10-11-12-13-14-15-16-21-24-28-32-44(53)64-38(35-61-43(52)31-27-23-20-18-17-19-22-26-30-40-39(65-40)29-25-6-4-2)36-62-68(57,58)67-69(59,60)63-37-41-45(54)46(55)47(66-41)51-34-33-42(49)50-48(51)56/h5,7,9-10,12-13,22,26,33-34,38-41,45-47,54-55H,3-4,6,8,11,14-21,23-25,27-32,35-37H2,1-2H3,(H,57,58)(H,59,60)(H2,49,50,56)/b7-5-,10-9-,13-12-,26-22-/t38-,39?,40?,41-,45-,46-,47-/m1/s1. The number of phosphoric acid groups is 2. The summed E-state index contributed by atoms with van der Waals surface area (Å²) in [6.45, 7) is 1.97. The van der Waals surface area contributed by atoms with Gasteiger partial charge < -0.3 is 44.7 Å². The van der Waals surface area contributed by atoms with Crippen molar-refractivity contribution in [3.8, 4) is 0 Å². The Bertz CT molecular complexity index is 1910. The number of unbranched alkanes of at least 4 members (excludes halogenated alkanes) is 12. The molecular formula is C48H79N3O16P2. The average molecular weight is 1020 g/mol. The molecule has 69 heavy (non-hydrogen) atoms. The molecule has 21 heteroatoms. The lowest BCUT2D eigenvalue weighted by Gasteiger charge is -2.21. The highest BCUT2D eigenvalue weighted by atomic mass is 31.3. The Kier molecular flexibility index (Phi) is 29.7. The first-order chi connectivity index (χ1) is 33.1. The monoisotopic (exact) mass is 1020 g/mol. The number of carbonyl (C=O) groups is 2. The number of esters is 2. The summed E-state index contributed by atoms with van der Waals surface area (Å²) in [6.07, 6.45) is 30.8. The lowest BCUT2D eigenvalue weighted by Crippen LogP contribution is -2.36. The Hall–Kier alpha value is -3.32. The topological polar surface area (TPSA) is 278 Å². The number of nitrogen functional groups attached to an aromatic ring is 1. The second-order valence-electron chi connectivity index (χ2n) is 17.3. The summed E-state index contributed by atoms with van der Waals surface area (Å²) in [7, 11) is -10.9. The van der Waals surface area contributed by atoms with Gasteiger partial charge in [-0.05, 0) is 76.7 Å². The number of nitrogens with two attached hydrogens (primary N) is 1. The molecule has 2 aliphatic heterocycles. The zero-order valence-corrected chi connectivity index (χ0v) is 42.3. The molecule has 2 saturated heterocycles. The van der Waals surface area contributed by atoms with E-state index in [0.29, 0.717) is 25.0 Å². The molecule has 0 aliphatic carbocycles. The molecule has 1 aromatic rings. The number of rotatable bonds is 39. The Labute approximate surface area is 407 Å². The lowest BCUT2D eigenvalue weighted by atomic mass is 10.1. The smallest absolute Gasteiger partial charge is 0.462 e. The Morgan fingerprint density at radius 2 is 1.35 bits per heavy atom. The molecular weight excluding hydrogens is 936 g/mol. The second kappa shape index (κ2) is 34.1. The van der Waals surface area contributed by atoms with Crippen LogP contribution in [0.15, 0.2) is 65.7 Å². The Balaban J connectivity index is 1.41. The fraction of sp³-hybridized carbons (Fsp3) is 0.708. The maximum atomic E-state index is 12.8. The van der Waals surface area contributed by atoms with Crippen LogP contribution in [0, 0.1) is 0 Å². The van der Waals surface area contributed by atoms with Crippen molar-refractivity contribution in [2.24, 2.45) is 0 Å². The summed E-state index contributed by atoms with van der Waals surface area (Å²) in [5, 5.41) is 20.9. The van der Waals surface area contributed by atoms with Crippen molar-refractivity contribution in [2.75, 3.05) is 25.6 Å². The Morgan fingerprint density at radius 3 is 2.01 bits per heavy atom. The lowest BCUT2D eigenvalue weighted by molar-refractivity contribution is -0.161. The highest BCUT2D eigenvalue weighted by molar-refractivity contribution is 7.61. The van der Waals surface area contributed by atoms with E-state index in [-0.39, 0.29) is 18.7 Å². The summed E-state index contributed by atoms with van der Waals surface area (Å²) in [6, 6.07) is 1.24. The summed E-state index contributed by atoms with van der Waals surface area (Å²) in [5.74, 6) is -1.34. The number of hydrogen-bond acceptors (Lipinski definition) is 16. The third-order valence-corrected chi connectivity index (χ3v) is 13.9. The molecule has 0 radical (unpaired) electrons. The van der Waals surface area contributed by atoms with Gasteiger partial charge in [-0.25, -0.2) is 13.9 Å². The summed E-state index contributed by atoms with van der Waals surface area (Å²) in [4.78, 5) is 61.9.